The third-order valence-corrected chi connectivity index (χ3v) is 3.40. The molecule has 0 heterocycles. The fourth-order valence-corrected chi connectivity index (χ4v) is 2.09. The van der Waals surface area contributed by atoms with Gasteiger partial charge in [0.25, 0.3) is 0 Å². The highest BCUT2D eigenvalue weighted by atomic mass is 35.5. The molecular weight excluding hydrogens is 304 g/mol. The third kappa shape index (κ3) is 15.6. The molecule has 0 aliphatic carbocycles. The molecule has 130 valence electrons. The first-order chi connectivity index (χ1) is 10.6. The summed E-state index contributed by atoms with van der Waals surface area (Å²) in [6.07, 6.45) is 10.6. The Morgan fingerprint density at radius 3 is 1.91 bits per heavy atom. The third-order valence-electron chi connectivity index (χ3n) is 3.27. The molecule has 0 saturated heterocycles. The molecule has 4 nitrogen and oxygen atoms in total. The lowest BCUT2D eigenvalue weighted by Gasteiger charge is -2.07. The lowest BCUT2D eigenvalue weighted by molar-refractivity contribution is -0.154. The Balaban J connectivity index is 3.33. The topological polar surface area (TPSA) is 52.6 Å². The van der Waals surface area contributed by atoms with Crippen molar-refractivity contribution in [3.63, 3.8) is 0 Å². The van der Waals surface area contributed by atoms with Crippen molar-refractivity contribution < 1.29 is 19.1 Å². The highest BCUT2D eigenvalue weighted by molar-refractivity contribution is 6.20. The van der Waals surface area contributed by atoms with Crippen LogP contribution in [0.1, 0.15) is 78.1 Å². The summed E-state index contributed by atoms with van der Waals surface area (Å²) in [6, 6.07) is 0. The summed E-state index contributed by atoms with van der Waals surface area (Å²) in [4.78, 5) is 22.6. The minimum Gasteiger partial charge on any atom is -0.465 e. The molecule has 5 heteroatoms. The van der Waals surface area contributed by atoms with Gasteiger partial charge in [0.05, 0.1) is 12.0 Å². The van der Waals surface area contributed by atoms with Crippen molar-refractivity contribution in [1.82, 2.24) is 0 Å². The Labute approximate surface area is 139 Å². The van der Waals surface area contributed by atoms with Gasteiger partial charge in [-0.2, -0.15) is 0 Å². The Bertz CT molecular complexity index is 292. The molecular formula is C17H31ClO4. The van der Waals surface area contributed by atoms with E-state index in [0.717, 1.165) is 12.8 Å². The van der Waals surface area contributed by atoms with Crippen LogP contribution in [-0.4, -0.2) is 30.5 Å². The number of unbranched alkanes of at least 4 members (excludes halogenated alkanes) is 8. The zero-order valence-corrected chi connectivity index (χ0v) is 14.8. The number of esters is 2. The Kier molecular flexibility index (Phi) is 14.6. The smallest absolute Gasteiger partial charge is 0.317 e. The van der Waals surface area contributed by atoms with Gasteiger partial charge in [-0.1, -0.05) is 58.3 Å². The summed E-state index contributed by atoms with van der Waals surface area (Å²) in [6.45, 7) is 4.44. The zero-order chi connectivity index (χ0) is 16.6. The van der Waals surface area contributed by atoms with Gasteiger partial charge in [0, 0.05) is 0 Å². The molecule has 1 atom stereocenters. The molecule has 0 aromatic carbocycles. The van der Waals surface area contributed by atoms with Gasteiger partial charge in [0.1, 0.15) is 13.0 Å². The second kappa shape index (κ2) is 15.1. The van der Waals surface area contributed by atoms with Gasteiger partial charge in [0.15, 0.2) is 0 Å². The summed E-state index contributed by atoms with van der Waals surface area (Å²) in [5.41, 5.74) is 0. The van der Waals surface area contributed by atoms with E-state index in [9.17, 15) is 9.59 Å². The fourth-order valence-electron chi connectivity index (χ4n) is 2.03. The number of hydrogen-bond donors (Lipinski definition) is 0. The average Bonchev–Trinajstić information content (AvgIpc) is 2.47. The normalized spacial score (nSPS) is 12.0. The van der Waals surface area contributed by atoms with E-state index >= 15 is 0 Å². The predicted octanol–water partition coefficient (Wildman–Crippen LogP) is 4.62. The molecule has 0 amide bonds. The SMILES string of the molecule is CCCCCCCCCCCOC(=O)CC(=O)OCC(C)Cl. The predicted molar refractivity (Wildman–Crippen MR) is 89.1 cm³/mol. The first kappa shape index (κ1) is 21.2. The van der Waals surface area contributed by atoms with E-state index in [1.54, 1.807) is 6.92 Å². The molecule has 0 bridgehead atoms. The summed E-state index contributed by atoms with van der Waals surface area (Å²) in [5, 5.41) is -0.248. The summed E-state index contributed by atoms with van der Waals surface area (Å²) in [7, 11) is 0. The van der Waals surface area contributed by atoms with Gasteiger partial charge in [-0.25, -0.2) is 0 Å². The van der Waals surface area contributed by atoms with E-state index in [2.05, 4.69) is 6.92 Å². The molecule has 1 unspecified atom stereocenters. The maximum atomic E-state index is 11.4. The molecule has 0 aliphatic heterocycles. The van der Waals surface area contributed by atoms with Crippen molar-refractivity contribution >= 4 is 23.5 Å². The molecule has 0 aromatic heterocycles. The zero-order valence-electron chi connectivity index (χ0n) is 14.1. The summed E-state index contributed by atoms with van der Waals surface area (Å²) < 4.78 is 9.81. The Morgan fingerprint density at radius 1 is 0.864 bits per heavy atom. The quantitative estimate of drug-likeness (QED) is 0.201. The highest BCUT2D eigenvalue weighted by Crippen LogP contribution is 2.09. The minimum atomic E-state index is -0.579. The van der Waals surface area contributed by atoms with Crippen LogP contribution in [0.3, 0.4) is 0 Å². The van der Waals surface area contributed by atoms with E-state index in [1.165, 1.54) is 44.9 Å². The van der Waals surface area contributed by atoms with Crippen LogP contribution < -0.4 is 0 Å². The lowest BCUT2D eigenvalue weighted by Crippen LogP contribution is -2.17. The maximum absolute atomic E-state index is 11.4. The number of hydrogen-bond acceptors (Lipinski definition) is 4. The van der Waals surface area contributed by atoms with Crippen molar-refractivity contribution in [1.29, 1.82) is 0 Å². The van der Waals surface area contributed by atoms with Crippen molar-refractivity contribution in [3.05, 3.63) is 0 Å². The van der Waals surface area contributed by atoms with Crippen LogP contribution in [0.4, 0.5) is 0 Å². The van der Waals surface area contributed by atoms with Crippen molar-refractivity contribution in [2.75, 3.05) is 13.2 Å². The van der Waals surface area contributed by atoms with E-state index in [-0.39, 0.29) is 18.4 Å². The molecule has 0 saturated carbocycles. The van der Waals surface area contributed by atoms with Crippen LogP contribution in [-0.2, 0) is 19.1 Å². The highest BCUT2D eigenvalue weighted by Gasteiger charge is 2.12. The van der Waals surface area contributed by atoms with Gasteiger partial charge in [0.2, 0.25) is 0 Å². The molecule has 0 rings (SSSR count). The van der Waals surface area contributed by atoms with Gasteiger partial charge >= 0.3 is 11.9 Å². The number of carbonyl (C=O) groups is 2. The van der Waals surface area contributed by atoms with Crippen LogP contribution >= 0.6 is 11.6 Å². The Hall–Kier alpha value is -0.770. The molecule has 0 aromatic rings. The van der Waals surface area contributed by atoms with Crippen LogP contribution in [0, 0.1) is 0 Å². The van der Waals surface area contributed by atoms with E-state index in [4.69, 9.17) is 21.1 Å². The van der Waals surface area contributed by atoms with Gasteiger partial charge in [-0.3, -0.25) is 9.59 Å². The second-order valence-corrected chi connectivity index (χ2v) is 6.43. The van der Waals surface area contributed by atoms with E-state index in [1.807, 2.05) is 0 Å². The molecule has 0 aliphatic rings. The van der Waals surface area contributed by atoms with Gasteiger partial charge in [-0.15, -0.1) is 11.6 Å². The number of rotatable bonds is 14. The van der Waals surface area contributed by atoms with Crippen LogP contribution in [0.2, 0.25) is 0 Å². The standard InChI is InChI=1S/C17H31ClO4/c1-3-4-5-6-7-8-9-10-11-12-21-16(19)13-17(20)22-14-15(2)18/h15H,3-14H2,1-2H3. The second-order valence-electron chi connectivity index (χ2n) is 5.69. The number of carbonyl (C=O) groups excluding carboxylic acids is 2. The molecule has 22 heavy (non-hydrogen) atoms. The first-order valence-electron chi connectivity index (χ1n) is 8.51. The molecule has 0 spiro atoms. The summed E-state index contributed by atoms with van der Waals surface area (Å²) >= 11 is 5.64. The monoisotopic (exact) mass is 334 g/mol. The van der Waals surface area contributed by atoms with Crippen molar-refractivity contribution in [3.8, 4) is 0 Å². The van der Waals surface area contributed by atoms with E-state index in [0.29, 0.717) is 6.61 Å². The van der Waals surface area contributed by atoms with Crippen molar-refractivity contribution in [2.24, 2.45) is 0 Å². The molecule has 0 fully saturated rings. The number of ether oxygens (including phenoxy) is 2. The fraction of sp³-hybridized carbons (Fsp3) is 0.882. The summed E-state index contributed by atoms with van der Waals surface area (Å²) in [5.74, 6) is -1.10. The largest absolute Gasteiger partial charge is 0.465 e. The average molecular weight is 335 g/mol. The van der Waals surface area contributed by atoms with Crippen LogP contribution in [0.25, 0.3) is 0 Å². The number of alkyl halides is 1. The number of halogens is 1. The van der Waals surface area contributed by atoms with Gasteiger partial charge < -0.3 is 9.47 Å². The molecule has 0 N–H and O–H groups in total. The van der Waals surface area contributed by atoms with Crippen LogP contribution in [0.5, 0.6) is 0 Å². The first-order valence-corrected chi connectivity index (χ1v) is 8.95. The van der Waals surface area contributed by atoms with Crippen LogP contribution in [0.15, 0.2) is 0 Å². The minimum absolute atomic E-state index is 0.117. The van der Waals surface area contributed by atoms with E-state index < -0.39 is 11.9 Å². The van der Waals surface area contributed by atoms with Gasteiger partial charge in [-0.05, 0) is 13.3 Å². The maximum Gasteiger partial charge on any atom is 0.317 e. The van der Waals surface area contributed by atoms with Crippen molar-refractivity contribution in [2.45, 2.75) is 83.4 Å². The Morgan fingerprint density at radius 2 is 1.36 bits per heavy atom. The lowest BCUT2D eigenvalue weighted by atomic mass is 10.1. The molecule has 0 radical (unpaired) electrons.